The molecule has 0 radical (unpaired) electrons. The summed E-state index contributed by atoms with van der Waals surface area (Å²) in [6.45, 7) is 0. The van der Waals surface area contributed by atoms with Crippen LogP contribution in [0.1, 0.15) is 0 Å². The van der Waals surface area contributed by atoms with E-state index in [2.05, 4.69) is 132 Å². The van der Waals surface area contributed by atoms with Crippen molar-refractivity contribution in [3.05, 3.63) is 176 Å². The number of hydrogen-bond donors (Lipinski definition) is 0. The van der Waals surface area contributed by atoms with Crippen LogP contribution >= 0.6 is 0 Å². The summed E-state index contributed by atoms with van der Waals surface area (Å²) in [4.78, 5) is 10.3. The zero-order valence-corrected chi connectivity index (χ0v) is 28.4. The van der Waals surface area contributed by atoms with Gasteiger partial charge < -0.3 is 9.47 Å². The number of hydrogen-bond acceptors (Lipinski definition) is 4. The van der Waals surface area contributed by atoms with Crippen molar-refractivity contribution in [3.8, 4) is 62.5 Å². The number of ether oxygens (including phenoxy) is 2. The Morgan fingerprint density at radius 3 is 1.70 bits per heavy atom. The second-order valence-corrected chi connectivity index (χ2v) is 13.4. The van der Waals surface area contributed by atoms with Crippen LogP contribution < -0.4 is 9.47 Å². The third kappa shape index (κ3) is 4.86. The van der Waals surface area contributed by atoms with Crippen molar-refractivity contribution in [2.24, 2.45) is 0 Å². The fraction of sp³-hybridized carbons (Fsp3) is 0. The van der Waals surface area contributed by atoms with E-state index in [9.17, 15) is 0 Å². The largest absolute Gasteiger partial charge is 0.449 e. The first kappa shape index (κ1) is 29.5. The highest BCUT2D eigenvalue weighted by Crippen LogP contribution is 2.48. The van der Waals surface area contributed by atoms with Crippen LogP contribution in [0.5, 0.6) is 23.0 Å². The Hall–Kier alpha value is -7.24. The topological polar surface area (TPSA) is 49.2 Å². The molecule has 5 nitrogen and oxygen atoms in total. The SMILES string of the molecule is c1ccc(-c2nc(-n3c4ccccc4c4cc(-c5ccc(-c6ccc7c(c6)Oc6cc8ccccc8cc6O7)cc5)ccc43)nc3ccccc23)cc1. The Kier molecular flexibility index (Phi) is 6.48. The highest BCUT2D eigenvalue weighted by Gasteiger charge is 2.21. The molecule has 248 valence electrons. The van der Waals surface area contributed by atoms with E-state index >= 15 is 0 Å². The Morgan fingerprint density at radius 1 is 0.358 bits per heavy atom. The molecule has 1 aliphatic rings. The summed E-state index contributed by atoms with van der Waals surface area (Å²) in [7, 11) is 0. The van der Waals surface area contributed by atoms with Crippen molar-refractivity contribution < 1.29 is 9.47 Å². The fourth-order valence-corrected chi connectivity index (χ4v) is 7.65. The van der Waals surface area contributed by atoms with Crippen molar-refractivity contribution >= 4 is 43.5 Å². The molecule has 10 aromatic rings. The van der Waals surface area contributed by atoms with Crippen LogP contribution in [0.15, 0.2) is 176 Å². The summed E-state index contributed by atoms with van der Waals surface area (Å²) in [6, 6.07) is 60.9. The minimum Gasteiger partial charge on any atom is -0.449 e. The van der Waals surface area contributed by atoms with Gasteiger partial charge in [-0.25, -0.2) is 9.97 Å². The van der Waals surface area contributed by atoms with Crippen molar-refractivity contribution in [2.75, 3.05) is 0 Å². The van der Waals surface area contributed by atoms with Crippen LogP contribution in [-0.2, 0) is 0 Å². The third-order valence-corrected chi connectivity index (χ3v) is 10.3. The second-order valence-electron chi connectivity index (χ2n) is 13.4. The van der Waals surface area contributed by atoms with Crippen LogP contribution in [0.25, 0.3) is 82.9 Å². The second kappa shape index (κ2) is 11.7. The first-order chi connectivity index (χ1) is 26.2. The lowest BCUT2D eigenvalue weighted by atomic mass is 9.98. The summed E-state index contributed by atoms with van der Waals surface area (Å²) in [5.41, 5.74) is 9.47. The van der Waals surface area contributed by atoms with Gasteiger partial charge in [0, 0.05) is 21.7 Å². The molecule has 3 heterocycles. The molecule has 1 aliphatic heterocycles. The highest BCUT2D eigenvalue weighted by molar-refractivity contribution is 6.10. The summed E-state index contributed by atoms with van der Waals surface area (Å²) in [5, 5.41) is 5.58. The molecule has 8 aromatic carbocycles. The van der Waals surface area contributed by atoms with Crippen molar-refractivity contribution in [1.29, 1.82) is 0 Å². The van der Waals surface area contributed by atoms with Crippen LogP contribution in [0.2, 0.25) is 0 Å². The van der Waals surface area contributed by atoms with Gasteiger partial charge in [-0.15, -0.1) is 0 Å². The summed E-state index contributed by atoms with van der Waals surface area (Å²) in [6.07, 6.45) is 0. The number of para-hydroxylation sites is 2. The molecular weight excluding hydrogens is 651 g/mol. The molecule has 0 atom stereocenters. The maximum Gasteiger partial charge on any atom is 0.235 e. The molecule has 0 fully saturated rings. The van der Waals surface area contributed by atoms with Crippen LogP contribution in [0, 0.1) is 0 Å². The molecule has 0 amide bonds. The quantitative estimate of drug-likeness (QED) is 0.186. The maximum atomic E-state index is 6.36. The lowest BCUT2D eigenvalue weighted by Gasteiger charge is -2.22. The van der Waals surface area contributed by atoms with Gasteiger partial charge in [-0.1, -0.05) is 127 Å². The van der Waals surface area contributed by atoms with Crippen molar-refractivity contribution in [3.63, 3.8) is 0 Å². The maximum absolute atomic E-state index is 6.36. The average Bonchev–Trinajstić information content (AvgIpc) is 3.55. The molecule has 5 heteroatoms. The number of fused-ring (bicyclic) bond motifs is 7. The molecule has 0 spiro atoms. The van der Waals surface area contributed by atoms with E-state index < -0.39 is 0 Å². The monoisotopic (exact) mass is 679 g/mol. The van der Waals surface area contributed by atoms with Gasteiger partial charge in [0.25, 0.3) is 0 Å². The molecule has 11 rings (SSSR count). The summed E-state index contributed by atoms with van der Waals surface area (Å²) < 4.78 is 14.8. The number of rotatable bonds is 4. The molecule has 0 unspecified atom stereocenters. The third-order valence-electron chi connectivity index (χ3n) is 10.3. The Morgan fingerprint density at radius 2 is 0.925 bits per heavy atom. The van der Waals surface area contributed by atoms with Crippen molar-refractivity contribution in [1.82, 2.24) is 14.5 Å². The van der Waals surface area contributed by atoms with E-state index in [1.54, 1.807) is 0 Å². The molecule has 53 heavy (non-hydrogen) atoms. The minimum atomic E-state index is 0.655. The smallest absolute Gasteiger partial charge is 0.235 e. The normalized spacial score (nSPS) is 12.1. The molecule has 0 bridgehead atoms. The lowest BCUT2D eigenvalue weighted by molar-refractivity contribution is 0.360. The lowest BCUT2D eigenvalue weighted by Crippen LogP contribution is -2.03. The molecule has 2 aromatic heterocycles. The van der Waals surface area contributed by atoms with E-state index in [4.69, 9.17) is 19.4 Å². The van der Waals surface area contributed by atoms with Crippen LogP contribution in [0.4, 0.5) is 0 Å². The zero-order chi connectivity index (χ0) is 34.9. The minimum absolute atomic E-state index is 0.655. The molecule has 0 aliphatic carbocycles. The zero-order valence-electron chi connectivity index (χ0n) is 28.4. The Bertz CT molecular complexity index is 3060. The van der Waals surface area contributed by atoms with Gasteiger partial charge in [0.2, 0.25) is 5.95 Å². The number of nitrogens with zero attached hydrogens (tertiary/aromatic N) is 3. The van der Waals surface area contributed by atoms with Gasteiger partial charge in [0.1, 0.15) is 0 Å². The van der Waals surface area contributed by atoms with Crippen LogP contribution in [0.3, 0.4) is 0 Å². The van der Waals surface area contributed by atoms with E-state index in [1.807, 2.05) is 48.5 Å². The average molecular weight is 680 g/mol. The Labute approximate surface area is 305 Å². The highest BCUT2D eigenvalue weighted by atomic mass is 16.6. The van der Waals surface area contributed by atoms with Gasteiger partial charge in [-0.2, -0.15) is 0 Å². The van der Waals surface area contributed by atoms with E-state index in [-0.39, 0.29) is 0 Å². The van der Waals surface area contributed by atoms with Crippen LogP contribution in [-0.4, -0.2) is 14.5 Å². The predicted molar refractivity (Wildman–Crippen MR) is 214 cm³/mol. The number of benzene rings is 8. The van der Waals surface area contributed by atoms with Gasteiger partial charge in [-0.3, -0.25) is 4.57 Å². The first-order valence-electron chi connectivity index (χ1n) is 17.7. The fourth-order valence-electron chi connectivity index (χ4n) is 7.65. The summed E-state index contributed by atoms with van der Waals surface area (Å²) >= 11 is 0. The molecular formula is C48H29N3O2. The van der Waals surface area contributed by atoms with Gasteiger partial charge >= 0.3 is 0 Å². The molecule has 0 N–H and O–H groups in total. The van der Waals surface area contributed by atoms with Gasteiger partial charge in [0.15, 0.2) is 23.0 Å². The predicted octanol–water partition coefficient (Wildman–Crippen LogP) is 12.8. The van der Waals surface area contributed by atoms with Crippen molar-refractivity contribution in [2.45, 2.75) is 0 Å². The summed E-state index contributed by atoms with van der Waals surface area (Å²) in [5.74, 6) is 3.54. The molecule has 0 saturated heterocycles. The van der Waals surface area contributed by atoms with Gasteiger partial charge in [-0.05, 0) is 81.6 Å². The first-order valence-corrected chi connectivity index (χ1v) is 17.7. The van der Waals surface area contributed by atoms with E-state index in [1.165, 1.54) is 0 Å². The standard InChI is InChI=1S/C48H29N3O2/c1-2-10-32(11-3-1)47-38-15-6-8-16-40(38)49-48(50-47)51-41-17-9-7-14-37(41)39-26-35(22-24-42(39)51)30-18-20-31(21-19-30)36-23-25-43-44(29-36)53-46-28-34-13-5-4-12-33(34)27-45(46)52-43/h1-29H. The molecule has 0 saturated carbocycles. The Balaban J connectivity index is 0.958. The van der Waals surface area contributed by atoms with E-state index in [0.717, 1.165) is 88.5 Å². The number of aromatic nitrogens is 3. The van der Waals surface area contributed by atoms with Gasteiger partial charge in [0.05, 0.1) is 22.2 Å². The van der Waals surface area contributed by atoms with E-state index in [0.29, 0.717) is 17.4 Å².